The standard InChI is InChI=1S/C18H21FN2O3S/c1-13(21-8-10-24-11-9-21)14-2-4-15(5-3-14)17-7-6-16(12-18(17)19)25(20,22)23/h2-7,12-13H,8-11H2,1H3,(H2,20,22,23). The maximum Gasteiger partial charge on any atom is 0.238 e. The molecule has 0 amide bonds. The van der Waals surface area contributed by atoms with Gasteiger partial charge < -0.3 is 4.74 Å². The van der Waals surface area contributed by atoms with E-state index in [9.17, 15) is 12.8 Å². The lowest BCUT2D eigenvalue weighted by Crippen LogP contribution is -2.37. The van der Waals surface area contributed by atoms with Crippen molar-refractivity contribution in [2.24, 2.45) is 5.14 Å². The van der Waals surface area contributed by atoms with Gasteiger partial charge >= 0.3 is 0 Å². The first-order chi connectivity index (χ1) is 11.9. The van der Waals surface area contributed by atoms with Gasteiger partial charge in [0.05, 0.1) is 18.1 Å². The summed E-state index contributed by atoms with van der Waals surface area (Å²) < 4.78 is 42.2. The summed E-state index contributed by atoms with van der Waals surface area (Å²) in [7, 11) is -3.91. The van der Waals surface area contributed by atoms with Gasteiger partial charge in [0.2, 0.25) is 10.0 Å². The number of nitrogens with zero attached hydrogens (tertiary/aromatic N) is 1. The van der Waals surface area contributed by atoms with Crippen molar-refractivity contribution < 1.29 is 17.5 Å². The molecule has 0 bridgehead atoms. The molecule has 3 rings (SSSR count). The van der Waals surface area contributed by atoms with Gasteiger partial charge in [-0.3, -0.25) is 4.90 Å². The van der Waals surface area contributed by atoms with E-state index in [4.69, 9.17) is 9.88 Å². The second-order valence-corrected chi connectivity index (χ2v) is 7.69. The number of nitrogens with two attached hydrogens (primary N) is 1. The first-order valence-corrected chi connectivity index (χ1v) is 9.65. The molecule has 0 radical (unpaired) electrons. The molecule has 0 aromatic heterocycles. The summed E-state index contributed by atoms with van der Waals surface area (Å²) in [5.74, 6) is -0.611. The fourth-order valence-electron chi connectivity index (χ4n) is 3.02. The van der Waals surface area contributed by atoms with Crippen molar-refractivity contribution in [3.05, 3.63) is 53.8 Å². The zero-order chi connectivity index (χ0) is 18.0. The minimum absolute atomic E-state index is 0.230. The number of primary sulfonamides is 1. The third kappa shape index (κ3) is 4.07. The molecule has 1 unspecified atom stereocenters. The maximum atomic E-state index is 14.3. The van der Waals surface area contributed by atoms with Crippen molar-refractivity contribution in [3.8, 4) is 11.1 Å². The summed E-state index contributed by atoms with van der Waals surface area (Å²) in [5, 5.41) is 5.03. The molecule has 2 aromatic carbocycles. The van der Waals surface area contributed by atoms with Crippen molar-refractivity contribution in [1.82, 2.24) is 4.90 Å². The Morgan fingerprint density at radius 2 is 1.76 bits per heavy atom. The highest BCUT2D eigenvalue weighted by molar-refractivity contribution is 7.89. The van der Waals surface area contributed by atoms with E-state index in [0.29, 0.717) is 11.1 Å². The molecule has 2 aromatic rings. The Labute approximate surface area is 147 Å². The maximum absolute atomic E-state index is 14.3. The number of benzene rings is 2. The highest BCUT2D eigenvalue weighted by atomic mass is 32.2. The van der Waals surface area contributed by atoms with Gasteiger partial charge in [-0.05, 0) is 30.2 Å². The lowest BCUT2D eigenvalue weighted by atomic mass is 10.00. The Bertz CT molecular complexity index is 847. The molecule has 7 heteroatoms. The highest BCUT2D eigenvalue weighted by Gasteiger charge is 2.19. The molecule has 1 aliphatic heterocycles. The fraction of sp³-hybridized carbons (Fsp3) is 0.333. The lowest BCUT2D eigenvalue weighted by molar-refractivity contribution is 0.0198. The molecular weight excluding hydrogens is 343 g/mol. The van der Waals surface area contributed by atoms with Gasteiger partial charge in [0.15, 0.2) is 0 Å². The number of hydrogen-bond donors (Lipinski definition) is 1. The van der Waals surface area contributed by atoms with Crippen LogP contribution in [0, 0.1) is 5.82 Å². The largest absolute Gasteiger partial charge is 0.379 e. The summed E-state index contributed by atoms with van der Waals surface area (Å²) in [4.78, 5) is 2.12. The average molecular weight is 364 g/mol. The number of rotatable bonds is 4. The smallest absolute Gasteiger partial charge is 0.238 e. The third-order valence-corrected chi connectivity index (χ3v) is 5.48. The molecule has 1 saturated heterocycles. The number of sulfonamides is 1. The molecule has 0 aliphatic carbocycles. The van der Waals surface area contributed by atoms with E-state index < -0.39 is 15.8 Å². The Balaban J connectivity index is 1.82. The molecule has 0 saturated carbocycles. The van der Waals surface area contributed by atoms with Gasteiger partial charge in [0.1, 0.15) is 5.82 Å². The van der Waals surface area contributed by atoms with E-state index in [2.05, 4.69) is 11.8 Å². The van der Waals surface area contributed by atoms with Gasteiger partial charge in [-0.1, -0.05) is 30.3 Å². The molecule has 0 spiro atoms. The van der Waals surface area contributed by atoms with Gasteiger partial charge in [-0.25, -0.2) is 17.9 Å². The Morgan fingerprint density at radius 1 is 1.12 bits per heavy atom. The minimum atomic E-state index is -3.91. The van der Waals surface area contributed by atoms with Crippen LogP contribution in [0.2, 0.25) is 0 Å². The number of ether oxygens (including phenoxy) is 1. The molecule has 25 heavy (non-hydrogen) atoms. The van der Waals surface area contributed by atoms with Crippen LogP contribution in [0.25, 0.3) is 11.1 Å². The van der Waals surface area contributed by atoms with Crippen LogP contribution in [0.1, 0.15) is 18.5 Å². The molecular formula is C18H21FN2O3S. The first kappa shape index (κ1) is 18.0. The van der Waals surface area contributed by atoms with Crippen molar-refractivity contribution in [2.45, 2.75) is 17.9 Å². The monoisotopic (exact) mass is 364 g/mol. The van der Waals surface area contributed by atoms with Gasteiger partial charge in [-0.2, -0.15) is 0 Å². The molecule has 5 nitrogen and oxygen atoms in total. The van der Waals surface area contributed by atoms with Crippen LogP contribution in [0.4, 0.5) is 4.39 Å². The van der Waals surface area contributed by atoms with E-state index in [0.717, 1.165) is 37.9 Å². The highest BCUT2D eigenvalue weighted by Crippen LogP contribution is 2.28. The van der Waals surface area contributed by atoms with Crippen molar-refractivity contribution in [3.63, 3.8) is 0 Å². The average Bonchev–Trinajstić information content (AvgIpc) is 2.61. The Kier molecular flexibility index (Phi) is 5.19. The van der Waals surface area contributed by atoms with Crippen molar-refractivity contribution in [2.75, 3.05) is 26.3 Å². The first-order valence-electron chi connectivity index (χ1n) is 8.11. The van der Waals surface area contributed by atoms with Crippen molar-refractivity contribution in [1.29, 1.82) is 0 Å². The predicted molar refractivity (Wildman–Crippen MR) is 94.0 cm³/mol. The summed E-state index contributed by atoms with van der Waals surface area (Å²) >= 11 is 0. The van der Waals surface area contributed by atoms with Crippen LogP contribution in [0.15, 0.2) is 47.4 Å². The molecule has 2 N–H and O–H groups in total. The molecule has 1 aliphatic rings. The Morgan fingerprint density at radius 3 is 2.32 bits per heavy atom. The van der Waals surface area contributed by atoms with E-state index >= 15 is 0 Å². The second kappa shape index (κ2) is 7.21. The van der Waals surface area contributed by atoms with Gasteiger partial charge in [0.25, 0.3) is 0 Å². The van der Waals surface area contributed by atoms with Gasteiger partial charge in [0, 0.05) is 24.7 Å². The predicted octanol–water partition coefficient (Wildman–Crippen LogP) is 2.53. The summed E-state index contributed by atoms with van der Waals surface area (Å²) in [6.07, 6.45) is 0. The van der Waals surface area contributed by atoms with Crippen LogP contribution in [0.5, 0.6) is 0 Å². The molecule has 1 atom stereocenters. The lowest BCUT2D eigenvalue weighted by Gasteiger charge is -2.32. The van der Waals surface area contributed by atoms with E-state index in [-0.39, 0.29) is 10.9 Å². The van der Waals surface area contributed by atoms with Gasteiger partial charge in [-0.15, -0.1) is 0 Å². The topological polar surface area (TPSA) is 72.6 Å². The SMILES string of the molecule is CC(c1ccc(-c2ccc(S(N)(=O)=O)cc2F)cc1)N1CCOCC1. The van der Waals surface area contributed by atoms with E-state index in [1.54, 1.807) is 0 Å². The third-order valence-electron chi connectivity index (χ3n) is 4.57. The zero-order valence-corrected chi connectivity index (χ0v) is 14.8. The number of halogens is 1. The molecule has 1 heterocycles. The number of morpholine rings is 1. The fourth-order valence-corrected chi connectivity index (χ4v) is 3.55. The zero-order valence-electron chi connectivity index (χ0n) is 14.0. The van der Waals surface area contributed by atoms with Crippen LogP contribution < -0.4 is 5.14 Å². The molecule has 134 valence electrons. The normalized spacial score (nSPS) is 17.4. The minimum Gasteiger partial charge on any atom is -0.379 e. The van der Waals surface area contributed by atoms with Crippen LogP contribution >= 0.6 is 0 Å². The van der Waals surface area contributed by atoms with E-state index in [1.807, 2.05) is 24.3 Å². The second-order valence-electron chi connectivity index (χ2n) is 6.13. The van der Waals surface area contributed by atoms with E-state index in [1.165, 1.54) is 12.1 Å². The van der Waals surface area contributed by atoms with Crippen molar-refractivity contribution >= 4 is 10.0 Å². The number of hydrogen-bond acceptors (Lipinski definition) is 4. The summed E-state index contributed by atoms with van der Waals surface area (Å²) in [6, 6.07) is 11.6. The summed E-state index contributed by atoms with van der Waals surface area (Å²) in [6.45, 7) is 5.41. The van der Waals surface area contributed by atoms with Crippen LogP contribution in [0.3, 0.4) is 0 Å². The molecule has 1 fully saturated rings. The quantitative estimate of drug-likeness (QED) is 0.905. The summed E-state index contributed by atoms with van der Waals surface area (Å²) in [5.41, 5.74) is 2.18. The van der Waals surface area contributed by atoms with Crippen LogP contribution in [-0.2, 0) is 14.8 Å². The Hall–Kier alpha value is -1.80. The van der Waals surface area contributed by atoms with Crippen LogP contribution in [-0.4, -0.2) is 39.6 Å².